The van der Waals surface area contributed by atoms with Gasteiger partial charge in [0.1, 0.15) is 11.3 Å². The predicted octanol–water partition coefficient (Wildman–Crippen LogP) is 2.44. The second-order valence-electron chi connectivity index (χ2n) is 5.45. The molecule has 2 N–H and O–H groups in total. The number of ether oxygens (including phenoxy) is 1. The van der Waals surface area contributed by atoms with E-state index in [1.807, 2.05) is 39.0 Å². The Morgan fingerprint density at radius 3 is 2.33 bits per heavy atom. The second kappa shape index (κ2) is 7.11. The lowest BCUT2D eigenvalue weighted by Crippen LogP contribution is -2.53. The van der Waals surface area contributed by atoms with Gasteiger partial charge in [0.2, 0.25) is 0 Å². The van der Waals surface area contributed by atoms with Gasteiger partial charge in [-0.15, -0.1) is 0 Å². The van der Waals surface area contributed by atoms with Crippen molar-refractivity contribution in [2.75, 3.05) is 6.61 Å². The quantitative estimate of drug-likeness (QED) is 0.809. The van der Waals surface area contributed by atoms with Gasteiger partial charge in [0.05, 0.1) is 0 Å². The molecule has 0 saturated carbocycles. The molecule has 0 aliphatic carbocycles. The van der Waals surface area contributed by atoms with Crippen molar-refractivity contribution in [2.45, 2.75) is 46.1 Å². The first-order valence-corrected chi connectivity index (χ1v) is 7.03. The van der Waals surface area contributed by atoms with Crippen LogP contribution in [0.15, 0.2) is 18.2 Å². The SMILES string of the molecule is CCCC(C)(NC(=O)COc1c(C)cccc1C)C(=O)O. The fourth-order valence-electron chi connectivity index (χ4n) is 2.23. The first-order chi connectivity index (χ1) is 9.80. The number of para-hydroxylation sites is 1. The van der Waals surface area contributed by atoms with Gasteiger partial charge in [-0.3, -0.25) is 4.79 Å². The molecular formula is C16H23NO4. The maximum atomic E-state index is 11.9. The zero-order valence-electron chi connectivity index (χ0n) is 13.0. The summed E-state index contributed by atoms with van der Waals surface area (Å²) in [7, 11) is 0. The molecule has 0 aliphatic heterocycles. The van der Waals surface area contributed by atoms with Crippen molar-refractivity contribution in [3.63, 3.8) is 0 Å². The van der Waals surface area contributed by atoms with Gasteiger partial charge in [0.15, 0.2) is 6.61 Å². The number of carboxylic acid groups (broad SMARTS) is 1. The fourth-order valence-corrected chi connectivity index (χ4v) is 2.23. The summed E-state index contributed by atoms with van der Waals surface area (Å²) in [5.41, 5.74) is 0.630. The molecule has 5 heteroatoms. The summed E-state index contributed by atoms with van der Waals surface area (Å²) >= 11 is 0. The average Bonchev–Trinajstić information content (AvgIpc) is 2.38. The minimum atomic E-state index is -1.25. The highest BCUT2D eigenvalue weighted by molar-refractivity contribution is 5.87. The van der Waals surface area contributed by atoms with Gasteiger partial charge in [-0.1, -0.05) is 31.5 Å². The average molecular weight is 293 g/mol. The van der Waals surface area contributed by atoms with Gasteiger partial charge in [-0.25, -0.2) is 4.79 Å². The molecule has 1 amide bonds. The van der Waals surface area contributed by atoms with Crippen LogP contribution in [0.3, 0.4) is 0 Å². The highest BCUT2D eigenvalue weighted by Crippen LogP contribution is 2.22. The molecule has 0 saturated heterocycles. The lowest BCUT2D eigenvalue weighted by atomic mass is 9.96. The van der Waals surface area contributed by atoms with Crippen LogP contribution in [0.25, 0.3) is 0 Å². The number of carbonyl (C=O) groups is 2. The third-order valence-electron chi connectivity index (χ3n) is 3.39. The molecule has 21 heavy (non-hydrogen) atoms. The molecule has 1 aromatic carbocycles. The van der Waals surface area contributed by atoms with Crippen LogP contribution in [0.2, 0.25) is 0 Å². The summed E-state index contributed by atoms with van der Waals surface area (Å²) < 4.78 is 5.53. The molecule has 116 valence electrons. The summed E-state index contributed by atoms with van der Waals surface area (Å²) in [6.07, 6.45) is 1.04. The van der Waals surface area contributed by atoms with Crippen molar-refractivity contribution < 1.29 is 19.4 Å². The van der Waals surface area contributed by atoms with Crippen molar-refractivity contribution in [3.8, 4) is 5.75 Å². The number of amides is 1. The summed E-state index contributed by atoms with van der Waals surface area (Å²) in [4.78, 5) is 23.2. The van der Waals surface area contributed by atoms with Crippen LogP contribution in [0.4, 0.5) is 0 Å². The molecule has 1 atom stereocenters. The Morgan fingerprint density at radius 1 is 1.29 bits per heavy atom. The summed E-state index contributed by atoms with van der Waals surface area (Å²) in [6.45, 7) is 6.99. The number of carboxylic acids is 1. The molecule has 1 unspecified atom stereocenters. The maximum Gasteiger partial charge on any atom is 0.329 e. The van der Waals surface area contributed by atoms with E-state index in [9.17, 15) is 14.7 Å². The lowest BCUT2D eigenvalue weighted by molar-refractivity contribution is -0.147. The molecular weight excluding hydrogens is 270 g/mol. The number of carbonyl (C=O) groups excluding carboxylic acids is 1. The molecule has 5 nitrogen and oxygen atoms in total. The van der Waals surface area contributed by atoms with E-state index in [0.717, 1.165) is 11.1 Å². The predicted molar refractivity (Wildman–Crippen MR) is 80.5 cm³/mol. The van der Waals surface area contributed by atoms with Gasteiger partial charge in [0.25, 0.3) is 5.91 Å². The van der Waals surface area contributed by atoms with Crippen LogP contribution in [-0.2, 0) is 9.59 Å². The van der Waals surface area contributed by atoms with Gasteiger partial charge >= 0.3 is 5.97 Å². The Balaban J connectivity index is 2.68. The van der Waals surface area contributed by atoms with Crippen LogP contribution in [-0.4, -0.2) is 29.1 Å². The van der Waals surface area contributed by atoms with E-state index in [1.54, 1.807) is 0 Å². The summed E-state index contributed by atoms with van der Waals surface area (Å²) in [5, 5.41) is 11.8. The van der Waals surface area contributed by atoms with Crippen LogP contribution < -0.4 is 10.1 Å². The van der Waals surface area contributed by atoms with Gasteiger partial charge in [-0.05, 0) is 38.3 Å². The molecule has 1 aromatic rings. The van der Waals surface area contributed by atoms with Crippen LogP contribution in [0.5, 0.6) is 5.75 Å². The normalized spacial score (nSPS) is 13.3. The Labute approximate surface area is 125 Å². The molecule has 0 aromatic heterocycles. The van der Waals surface area contributed by atoms with E-state index < -0.39 is 17.4 Å². The highest BCUT2D eigenvalue weighted by Gasteiger charge is 2.33. The minimum Gasteiger partial charge on any atom is -0.483 e. The van der Waals surface area contributed by atoms with Crippen molar-refractivity contribution in [1.82, 2.24) is 5.32 Å². The molecule has 0 bridgehead atoms. The van der Waals surface area contributed by atoms with Gasteiger partial charge in [-0.2, -0.15) is 0 Å². The number of aliphatic carboxylic acids is 1. The Kier molecular flexibility index (Phi) is 5.76. The Morgan fingerprint density at radius 2 is 1.86 bits per heavy atom. The molecule has 0 aliphatic rings. The summed E-state index contributed by atoms with van der Waals surface area (Å²) in [6, 6.07) is 5.72. The number of rotatable bonds is 7. The maximum absolute atomic E-state index is 11.9. The largest absolute Gasteiger partial charge is 0.483 e. The van der Waals surface area contributed by atoms with Gasteiger partial charge < -0.3 is 15.2 Å². The first kappa shape index (κ1) is 17.0. The fraction of sp³-hybridized carbons (Fsp3) is 0.500. The van der Waals surface area contributed by atoms with Crippen molar-refractivity contribution in [2.24, 2.45) is 0 Å². The van der Waals surface area contributed by atoms with Crippen molar-refractivity contribution in [1.29, 1.82) is 0 Å². The third kappa shape index (κ3) is 4.48. The number of aryl methyl sites for hydroxylation is 2. The van der Waals surface area contributed by atoms with Crippen LogP contribution >= 0.6 is 0 Å². The zero-order valence-corrected chi connectivity index (χ0v) is 13.0. The highest BCUT2D eigenvalue weighted by atomic mass is 16.5. The number of benzene rings is 1. The number of hydrogen-bond acceptors (Lipinski definition) is 3. The zero-order chi connectivity index (χ0) is 16.0. The Bertz CT molecular complexity index is 507. The minimum absolute atomic E-state index is 0.196. The van der Waals surface area contributed by atoms with E-state index >= 15 is 0 Å². The lowest BCUT2D eigenvalue weighted by Gasteiger charge is -2.25. The third-order valence-corrected chi connectivity index (χ3v) is 3.39. The van der Waals surface area contributed by atoms with Crippen LogP contribution in [0.1, 0.15) is 37.8 Å². The summed E-state index contributed by atoms with van der Waals surface area (Å²) in [5.74, 6) is -0.805. The van der Waals surface area contributed by atoms with E-state index in [1.165, 1.54) is 6.92 Å². The van der Waals surface area contributed by atoms with Crippen molar-refractivity contribution in [3.05, 3.63) is 29.3 Å². The van der Waals surface area contributed by atoms with E-state index in [2.05, 4.69) is 5.32 Å². The van der Waals surface area contributed by atoms with Crippen molar-refractivity contribution >= 4 is 11.9 Å². The molecule has 0 heterocycles. The Hall–Kier alpha value is -2.04. The number of nitrogens with one attached hydrogen (secondary N) is 1. The molecule has 0 spiro atoms. The second-order valence-corrected chi connectivity index (χ2v) is 5.45. The molecule has 0 fully saturated rings. The number of hydrogen-bond donors (Lipinski definition) is 2. The van der Waals surface area contributed by atoms with Crippen LogP contribution in [0, 0.1) is 13.8 Å². The van der Waals surface area contributed by atoms with E-state index in [4.69, 9.17) is 4.74 Å². The van der Waals surface area contributed by atoms with E-state index in [0.29, 0.717) is 18.6 Å². The standard InChI is InChI=1S/C16H23NO4/c1-5-9-16(4,15(19)20)17-13(18)10-21-14-11(2)7-6-8-12(14)3/h6-8H,5,9-10H2,1-4H3,(H,17,18)(H,19,20). The smallest absolute Gasteiger partial charge is 0.329 e. The monoisotopic (exact) mass is 293 g/mol. The molecule has 0 radical (unpaired) electrons. The van der Waals surface area contributed by atoms with Gasteiger partial charge in [0, 0.05) is 0 Å². The van der Waals surface area contributed by atoms with E-state index in [-0.39, 0.29) is 6.61 Å². The topological polar surface area (TPSA) is 75.6 Å². The first-order valence-electron chi connectivity index (χ1n) is 7.03. The molecule has 1 rings (SSSR count).